The minimum absolute atomic E-state index is 0.103. The van der Waals surface area contributed by atoms with E-state index in [-0.39, 0.29) is 23.1 Å². The van der Waals surface area contributed by atoms with Crippen molar-refractivity contribution in [1.29, 1.82) is 0 Å². The van der Waals surface area contributed by atoms with E-state index in [0.29, 0.717) is 46.9 Å². The molecular weight excluding hydrogens is 580 g/mol. The number of nitrogens with one attached hydrogen (secondary N) is 1. The van der Waals surface area contributed by atoms with Crippen molar-refractivity contribution in [3.05, 3.63) is 88.1 Å². The van der Waals surface area contributed by atoms with Crippen molar-refractivity contribution >= 4 is 23.2 Å². The predicted molar refractivity (Wildman–Crippen MR) is 155 cm³/mol. The van der Waals surface area contributed by atoms with Crippen LogP contribution in [0.5, 0.6) is 0 Å². The number of anilines is 1. The number of aryl methyl sites for hydroxylation is 1. The third kappa shape index (κ3) is 5.55. The Morgan fingerprint density at radius 3 is 2.70 bits per heavy atom. The Bertz CT molecular complexity index is 1880. The summed E-state index contributed by atoms with van der Waals surface area (Å²) in [5.41, 5.74) is 3.03. The van der Waals surface area contributed by atoms with Crippen LogP contribution in [0.4, 0.5) is 14.5 Å². The van der Waals surface area contributed by atoms with Crippen LogP contribution in [0.25, 0.3) is 28.2 Å². The highest BCUT2D eigenvalue weighted by Gasteiger charge is 2.24. The molecule has 0 spiro atoms. The molecule has 43 heavy (non-hydrogen) atoms. The van der Waals surface area contributed by atoms with Gasteiger partial charge in [0.1, 0.15) is 5.69 Å². The van der Waals surface area contributed by atoms with Crippen molar-refractivity contribution in [3.63, 3.8) is 0 Å². The number of hydrogen-bond acceptors (Lipinski definition) is 7. The molecule has 0 saturated heterocycles. The summed E-state index contributed by atoms with van der Waals surface area (Å²) in [6.07, 6.45) is 4.85. The summed E-state index contributed by atoms with van der Waals surface area (Å²) < 4.78 is 30.8. The fourth-order valence-electron chi connectivity index (χ4n) is 5.28. The highest BCUT2D eigenvalue weighted by atomic mass is 35.5. The zero-order valence-electron chi connectivity index (χ0n) is 23.2. The van der Waals surface area contributed by atoms with Gasteiger partial charge in [-0.2, -0.15) is 5.10 Å². The second-order valence-electron chi connectivity index (χ2n) is 10.4. The first-order valence-electron chi connectivity index (χ1n) is 13.6. The molecule has 1 N–H and O–H groups in total. The van der Waals surface area contributed by atoms with Gasteiger partial charge in [0.25, 0.3) is 12.0 Å². The van der Waals surface area contributed by atoms with Crippen LogP contribution in [-0.4, -0.2) is 45.2 Å². The van der Waals surface area contributed by atoms with E-state index in [1.807, 2.05) is 19.1 Å². The van der Waals surface area contributed by atoms with Crippen molar-refractivity contribution in [1.82, 2.24) is 39.3 Å². The Morgan fingerprint density at radius 2 is 1.93 bits per heavy atom. The van der Waals surface area contributed by atoms with Crippen molar-refractivity contribution in [2.45, 2.75) is 38.7 Å². The van der Waals surface area contributed by atoms with Crippen LogP contribution in [-0.2, 0) is 11.8 Å². The van der Waals surface area contributed by atoms with Gasteiger partial charge in [-0.05, 0) is 43.2 Å². The molecule has 0 fully saturated rings. The van der Waals surface area contributed by atoms with E-state index in [0.717, 1.165) is 17.5 Å². The van der Waals surface area contributed by atoms with Crippen LogP contribution in [0.1, 0.15) is 50.0 Å². The second kappa shape index (κ2) is 11.5. The number of pyridine rings is 1. The highest BCUT2D eigenvalue weighted by molar-refractivity contribution is 6.31. The average Bonchev–Trinajstić information content (AvgIpc) is 3.62. The van der Waals surface area contributed by atoms with Crippen molar-refractivity contribution < 1.29 is 13.6 Å². The van der Waals surface area contributed by atoms with Gasteiger partial charge in [-0.3, -0.25) is 23.8 Å². The lowest BCUT2D eigenvalue weighted by atomic mass is 9.97. The summed E-state index contributed by atoms with van der Waals surface area (Å²) in [6.45, 7) is 1.87. The molecule has 220 valence electrons. The zero-order valence-corrected chi connectivity index (χ0v) is 23.9. The molecular formula is C29H26ClF2N9O2. The maximum Gasteiger partial charge on any atom is 0.283 e. The quantitative estimate of drug-likeness (QED) is 0.297. The van der Waals surface area contributed by atoms with Crippen LogP contribution in [0, 0.1) is 5.92 Å². The van der Waals surface area contributed by atoms with Crippen LogP contribution >= 0.6 is 11.6 Å². The number of fused-ring (bicyclic) bond motifs is 4. The molecule has 4 aromatic heterocycles. The van der Waals surface area contributed by atoms with Crippen LogP contribution in [0.2, 0.25) is 5.02 Å². The minimum Gasteiger partial charge on any atom is -0.323 e. The van der Waals surface area contributed by atoms with E-state index in [1.54, 1.807) is 42.3 Å². The fraction of sp³-hybridized carbons (Fsp3) is 0.276. The zero-order chi connectivity index (χ0) is 30.2. The number of benzene rings is 1. The molecule has 2 unspecified atom stereocenters. The lowest BCUT2D eigenvalue weighted by Crippen LogP contribution is -2.27. The van der Waals surface area contributed by atoms with Gasteiger partial charge in [-0.15, -0.1) is 5.10 Å². The van der Waals surface area contributed by atoms with Crippen LogP contribution < -0.4 is 10.9 Å². The molecule has 0 radical (unpaired) electrons. The maximum absolute atomic E-state index is 13.7. The molecule has 5 heterocycles. The number of alkyl halides is 2. The van der Waals surface area contributed by atoms with Gasteiger partial charge in [-0.1, -0.05) is 30.2 Å². The standard InChI is InChI=1S/C29H26ClF2N9O2/c1-16-4-3-5-25(21-10-17(8-9-33-21)27-22(36-29(16)43)13-35-39(27)2)40-15-34-20(12-26(40)42)19-11-18(30)6-7-24(19)41-14-23(28(31)32)37-38-41/h6-16,25,28H,3-5H2,1-2H3,(H,36,43). The Hall–Kier alpha value is -4.78. The molecule has 0 aliphatic carbocycles. The average molecular weight is 606 g/mol. The molecule has 2 bridgehead atoms. The minimum atomic E-state index is -2.79. The molecule has 2 atom stereocenters. The molecule has 6 rings (SSSR count). The lowest BCUT2D eigenvalue weighted by molar-refractivity contribution is -0.119. The molecule has 0 saturated carbocycles. The van der Waals surface area contributed by atoms with E-state index in [1.165, 1.54) is 21.6 Å². The highest BCUT2D eigenvalue weighted by Crippen LogP contribution is 2.33. The number of nitrogens with zero attached hydrogens (tertiary/aromatic N) is 8. The smallest absolute Gasteiger partial charge is 0.283 e. The predicted octanol–water partition coefficient (Wildman–Crippen LogP) is 5.23. The molecule has 1 aromatic carbocycles. The first-order chi connectivity index (χ1) is 20.7. The van der Waals surface area contributed by atoms with Crippen molar-refractivity contribution in [3.8, 4) is 28.2 Å². The van der Waals surface area contributed by atoms with E-state index in [9.17, 15) is 18.4 Å². The number of hydrogen-bond donors (Lipinski definition) is 1. The van der Waals surface area contributed by atoms with Crippen molar-refractivity contribution in [2.24, 2.45) is 13.0 Å². The molecule has 11 nitrogen and oxygen atoms in total. The Morgan fingerprint density at radius 1 is 1.09 bits per heavy atom. The van der Waals surface area contributed by atoms with Gasteiger partial charge in [-0.25, -0.2) is 18.4 Å². The summed E-state index contributed by atoms with van der Waals surface area (Å²) in [6, 6.07) is 9.40. The third-order valence-electron chi connectivity index (χ3n) is 7.54. The van der Waals surface area contributed by atoms with Gasteiger partial charge in [0.15, 0.2) is 0 Å². The summed E-state index contributed by atoms with van der Waals surface area (Å²) in [5, 5.41) is 15.0. The van der Waals surface area contributed by atoms with Gasteiger partial charge in [0.2, 0.25) is 5.91 Å². The number of halogens is 3. The number of amides is 1. The van der Waals surface area contributed by atoms with Crippen LogP contribution in [0.3, 0.4) is 0 Å². The number of carbonyl (C=O) groups is 1. The fourth-order valence-corrected chi connectivity index (χ4v) is 5.45. The monoisotopic (exact) mass is 605 g/mol. The van der Waals surface area contributed by atoms with Gasteiger partial charge in [0, 0.05) is 41.4 Å². The molecule has 5 aromatic rings. The summed E-state index contributed by atoms with van der Waals surface area (Å²) >= 11 is 6.27. The second-order valence-corrected chi connectivity index (χ2v) is 10.8. The number of rotatable bonds is 4. The lowest BCUT2D eigenvalue weighted by Gasteiger charge is -2.22. The third-order valence-corrected chi connectivity index (χ3v) is 7.78. The molecule has 1 aliphatic heterocycles. The van der Waals surface area contributed by atoms with E-state index < -0.39 is 18.2 Å². The molecule has 1 aliphatic rings. The normalized spacial score (nSPS) is 17.2. The van der Waals surface area contributed by atoms with Crippen LogP contribution in [0.15, 0.2) is 66.1 Å². The van der Waals surface area contributed by atoms with Gasteiger partial charge < -0.3 is 5.32 Å². The van der Waals surface area contributed by atoms with Gasteiger partial charge in [0.05, 0.1) is 53.2 Å². The Kier molecular flexibility index (Phi) is 7.57. The topological polar surface area (TPSA) is 125 Å². The first kappa shape index (κ1) is 28.3. The summed E-state index contributed by atoms with van der Waals surface area (Å²) in [7, 11) is 1.79. The molecule has 1 amide bonds. The van der Waals surface area contributed by atoms with E-state index in [4.69, 9.17) is 11.6 Å². The largest absolute Gasteiger partial charge is 0.323 e. The van der Waals surface area contributed by atoms with E-state index in [2.05, 4.69) is 30.7 Å². The Labute approximate surface area is 249 Å². The number of aromatic nitrogens is 8. The SMILES string of the molecule is CC1CCCC(n2cnc(-c3cc(Cl)ccc3-n3cc(C(F)F)nn3)cc2=O)c2cc(ccn2)-c2c(cnn2C)NC1=O. The maximum atomic E-state index is 13.7. The van der Waals surface area contributed by atoms with Gasteiger partial charge >= 0.3 is 0 Å². The Balaban J connectivity index is 1.42. The van der Waals surface area contributed by atoms with Crippen molar-refractivity contribution in [2.75, 3.05) is 5.32 Å². The van der Waals surface area contributed by atoms with E-state index >= 15 is 0 Å². The summed E-state index contributed by atoms with van der Waals surface area (Å²) in [5.74, 6) is -0.366. The first-order valence-corrected chi connectivity index (χ1v) is 14.0. The summed E-state index contributed by atoms with van der Waals surface area (Å²) in [4.78, 5) is 35.8. The molecule has 14 heteroatoms. The number of carbonyl (C=O) groups excluding carboxylic acids is 1.